The summed E-state index contributed by atoms with van der Waals surface area (Å²) < 4.78 is 26.4. The van der Waals surface area contributed by atoms with E-state index >= 15 is 0 Å². The minimum absolute atomic E-state index is 0.167. The highest BCUT2D eigenvalue weighted by molar-refractivity contribution is 5.94. The summed E-state index contributed by atoms with van der Waals surface area (Å²) in [6, 6.07) is 4.82. The molecule has 0 radical (unpaired) electrons. The fourth-order valence-corrected chi connectivity index (χ4v) is 1.73. The van der Waals surface area contributed by atoms with Gasteiger partial charge in [0, 0.05) is 19.2 Å². The van der Waals surface area contributed by atoms with E-state index in [2.05, 4.69) is 0 Å². The molecule has 0 saturated heterocycles. The lowest BCUT2D eigenvalue weighted by Crippen LogP contribution is -2.35. The summed E-state index contributed by atoms with van der Waals surface area (Å²) in [4.78, 5) is 13.6. The molecule has 0 heterocycles. The highest BCUT2D eigenvalue weighted by Gasteiger charge is 2.20. The monoisotopic (exact) mass is 266 g/mol. The first-order valence-electron chi connectivity index (χ1n) is 6.07. The summed E-state index contributed by atoms with van der Waals surface area (Å²) in [5.74, 6) is -1.91. The Morgan fingerprint density at radius 3 is 2.63 bits per heavy atom. The van der Waals surface area contributed by atoms with Gasteiger partial charge in [0.1, 0.15) is 11.6 Å². The molecule has 0 unspecified atom stereocenters. The molecular weight excluding hydrogens is 250 g/mol. The molecule has 19 heavy (non-hydrogen) atoms. The molecule has 0 atom stereocenters. The van der Waals surface area contributed by atoms with E-state index in [1.165, 1.54) is 4.90 Å². The van der Waals surface area contributed by atoms with Gasteiger partial charge in [0.25, 0.3) is 5.91 Å². The third kappa shape index (κ3) is 4.32. The van der Waals surface area contributed by atoms with E-state index in [1.807, 2.05) is 19.9 Å². The zero-order valence-electron chi connectivity index (χ0n) is 11.0. The lowest BCUT2D eigenvalue weighted by Gasteiger charge is -2.23. The molecule has 1 aromatic carbocycles. The predicted molar refractivity (Wildman–Crippen MR) is 67.3 cm³/mol. The molecule has 0 N–H and O–H groups in total. The van der Waals surface area contributed by atoms with Gasteiger partial charge in [0.2, 0.25) is 0 Å². The topological polar surface area (TPSA) is 44.1 Å². The molecule has 0 saturated carbocycles. The Morgan fingerprint density at radius 2 is 2.11 bits per heavy atom. The van der Waals surface area contributed by atoms with Gasteiger partial charge in [-0.2, -0.15) is 5.26 Å². The maximum Gasteiger partial charge on any atom is 0.256 e. The van der Waals surface area contributed by atoms with Crippen LogP contribution >= 0.6 is 0 Å². The zero-order chi connectivity index (χ0) is 14.4. The van der Waals surface area contributed by atoms with Gasteiger partial charge in [0.15, 0.2) is 0 Å². The Labute approximate surface area is 111 Å². The van der Waals surface area contributed by atoms with Crippen molar-refractivity contribution < 1.29 is 13.6 Å². The second-order valence-corrected chi connectivity index (χ2v) is 4.68. The number of amides is 1. The third-order valence-corrected chi connectivity index (χ3v) is 2.53. The standard InChI is InChI=1S/C14H16F2N2O/c1-10(2)9-18(7-3-6-17)14(19)12-5-4-11(15)8-13(12)16/h4-5,8,10H,3,7,9H2,1-2H3. The summed E-state index contributed by atoms with van der Waals surface area (Å²) >= 11 is 0. The van der Waals surface area contributed by atoms with Crippen LogP contribution in [-0.4, -0.2) is 23.9 Å². The van der Waals surface area contributed by atoms with Gasteiger partial charge in [-0.15, -0.1) is 0 Å². The number of halogens is 2. The molecule has 1 aromatic rings. The molecule has 102 valence electrons. The van der Waals surface area contributed by atoms with E-state index in [1.54, 1.807) is 0 Å². The van der Waals surface area contributed by atoms with Crippen molar-refractivity contribution in [1.82, 2.24) is 4.90 Å². The van der Waals surface area contributed by atoms with E-state index in [9.17, 15) is 13.6 Å². The van der Waals surface area contributed by atoms with Crippen LogP contribution in [0.2, 0.25) is 0 Å². The normalized spacial score (nSPS) is 10.3. The Kier molecular flexibility index (Phi) is 5.43. The molecule has 3 nitrogen and oxygen atoms in total. The van der Waals surface area contributed by atoms with E-state index < -0.39 is 17.5 Å². The predicted octanol–water partition coefficient (Wildman–Crippen LogP) is 2.98. The first kappa shape index (κ1) is 15.1. The summed E-state index contributed by atoms with van der Waals surface area (Å²) in [6.07, 6.45) is 0.182. The van der Waals surface area contributed by atoms with Crippen molar-refractivity contribution in [2.45, 2.75) is 20.3 Å². The number of rotatable bonds is 5. The largest absolute Gasteiger partial charge is 0.337 e. The van der Waals surface area contributed by atoms with Gasteiger partial charge in [-0.3, -0.25) is 4.79 Å². The summed E-state index contributed by atoms with van der Waals surface area (Å²) in [5, 5.41) is 8.58. The molecule has 0 aliphatic carbocycles. The number of carbonyl (C=O) groups is 1. The lowest BCUT2D eigenvalue weighted by molar-refractivity contribution is 0.0735. The van der Waals surface area contributed by atoms with Crippen molar-refractivity contribution in [3.63, 3.8) is 0 Å². The first-order valence-corrected chi connectivity index (χ1v) is 6.07. The Morgan fingerprint density at radius 1 is 1.42 bits per heavy atom. The van der Waals surface area contributed by atoms with E-state index in [-0.39, 0.29) is 24.4 Å². The van der Waals surface area contributed by atoms with Crippen molar-refractivity contribution in [3.8, 4) is 6.07 Å². The summed E-state index contributed by atoms with van der Waals surface area (Å²) in [5.41, 5.74) is -0.167. The number of nitriles is 1. The molecule has 0 aliphatic heterocycles. The summed E-state index contributed by atoms with van der Waals surface area (Å²) in [6.45, 7) is 4.52. The van der Waals surface area contributed by atoms with Crippen LogP contribution in [0.4, 0.5) is 8.78 Å². The van der Waals surface area contributed by atoms with Gasteiger partial charge in [-0.05, 0) is 18.1 Å². The maximum atomic E-state index is 13.6. The molecule has 0 spiro atoms. The van der Waals surface area contributed by atoms with Crippen molar-refractivity contribution in [3.05, 3.63) is 35.4 Å². The minimum atomic E-state index is -0.879. The van der Waals surface area contributed by atoms with Crippen LogP contribution in [-0.2, 0) is 0 Å². The van der Waals surface area contributed by atoms with Crippen LogP contribution < -0.4 is 0 Å². The van der Waals surface area contributed by atoms with Crippen molar-refractivity contribution in [2.24, 2.45) is 5.92 Å². The number of hydrogen-bond donors (Lipinski definition) is 0. The molecule has 0 fully saturated rings. The zero-order valence-corrected chi connectivity index (χ0v) is 11.0. The average molecular weight is 266 g/mol. The van der Waals surface area contributed by atoms with Gasteiger partial charge in [-0.25, -0.2) is 8.78 Å². The van der Waals surface area contributed by atoms with Crippen LogP contribution in [0.1, 0.15) is 30.6 Å². The number of benzene rings is 1. The smallest absolute Gasteiger partial charge is 0.256 e. The molecule has 1 amide bonds. The van der Waals surface area contributed by atoms with E-state index in [0.29, 0.717) is 12.6 Å². The van der Waals surface area contributed by atoms with Crippen molar-refractivity contribution in [1.29, 1.82) is 5.26 Å². The Bertz CT molecular complexity index is 495. The second kappa shape index (κ2) is 6.83. The third-order valence-electron chi connectivity index (χ3n) is 2.53. The van der Waals surface area contributed by atoms with E-state index in [0.717, 1.165) is 12.1 Å². The molecule has 0 bridgehead atoms. The maximum absolute atomic E-state index is 13.6. The van der Waals surface area contributed by atoms with Crippen molar-refractivity contribution >= 4 is 5.91 Å². The van der Waals surface area contributed by atoms with Gasteiger partial charge in [-0.1, -0.05) is 13.8 Å². The molecular formula is C14H16F2N2O. The molecule has 0 aromatic heterocycles. The van der Waals surface area contributed by atoms with Crippen LogP contribution in [0, 0.1) is 28.9 Å². The van der Waals surface area contributed by atoms with Crippen LogP contribution in [0.15, 0.2) is 18.2 Å². The van der Waals surface area contributed by atoms with Crippen LogP contribution in [0.5, 0.6) is 0 Å². The average Bonchev–Trinajstić information content (AvgIpc) is 2.33. The Hall–Kier alpha value is -1.96. The second-order valence-electron chi connectivity index (χ2n) is 4.68. The SMILES string of the molecule is CC(C)CN(CCC#N)C(=O)c1ccc(F)cc1F. The van der Waals surface area contributed by atoms with E-state index in [4.69, 9.17) is 5.26 Å². The fraction of sp³-hybridized carbons (Fsp3) is 0.429. The summed E-state index contributed by atoms with van der Waals surface area (Å²) in [7, 11) is 0. The number of carbonyl (C=O) groups excluding carboxylic acids is 1. The molecule has 5 heteroatoms. The number of hydrogen-bond acceptors (Lipinski definition) is 2. The van der Waals surface area contributed by atoms with Crippen LogP contribution in [0.3, 0.4) is 0 Å². The first-order chi connectivity index (χ1) is 8.95. The Balaban J connectivity index is 2.94. The van der Waals surface area contributed by atoms with Gasteiger partial charge in [0.05, 0.1) is 18.1 Å². The highest BCUT2D eigenvalue weighted by Crippen LogP contribution is 2.14. The number of nitrogens with zero attached hydrogens (tertiary/aromatic N) is 2. The highest BCUT2D eigenvalue weighted by atomic mass is 19.1. The van der Waals surface area contributed by atoms with Crippen LogP contribution in [0.25, 0.3) is 0 Å². The van der Waals surface area contributed by atoms with Gasteiger partial charge >= 0.3 is 0 Å². The quantitative estimate of drug-likeness (QED) is 0.822. The fourth-order valence-electron chi connectivity index (χ4n) is 1.73. The van der Waals surface area contributed by atoms with Gasteiger partial charge < -0.3 is 4.90 Å². The lowest BCUT2D eigenvalue weighted by atomic mass is 10.1. The molecule has 0 aliphatic rings. The minimum Gasteiger partial charge on any atom is -0.337 e. The molecule has 1 rings (SSSR count). The van der Waals surface area contributed by atoms with Crippen molar-refractivity contribution in [2.75, 3.05) is 13.1 Å².